The summed E-state index contributed by atoms with van der Waals surface area (Å²) in [5.41, 5.74) is 1.29. The average molecular weight is 313 g/mol. The quantitative estimate of drug-likeness (QED) is 0.648. The van der Waals surface area contributed by atoms with Crippen LogP contribution in [0, 0.1) is 6.92 Å². The van der Waals surface area contributed by atoms with Gasteiger partial charge in [0.05, 0.1) is 12.3 Å². The highest BCUT2D eigenvalue weighted by Gasteiger charge is 2.30. The van der Waals surface area contributed by atoms with Gasteiger partial charge in [0.15, 0.2) is 16.1 Å². The minimum Gasteiger partial charge on any atom is -0.447 e. The molecule has 0 bridgehead atoms. The van der Waals surface area contributed by atoms with E-state index in [1.165, 1.54) is 0 Å². The molecule has 1 fully saturated rings. The van der Waals surface area contributed by atoms with Crippen molar-refractivity contribution in [1.82, 2.24) is 4.98 Å². The number of aromatic nitrogens is 1. The van der Waals surface area contributed by atoms with Crippen LogP contribution in [0.4, 0.5) is 0 Å². The van der Waals surface area contributed by atoms with Crippen molar-refractivity contribution in [2.75, 3.05) is 0 Å². The maximum Gasteiger partial charge on any atom is 0.197 e. The third kappa shape index (κ3) is 1.81. The highest BCUT2D eigenvalue weighted by atomic mass is 79.9. The molecule has 3 rings (SSSR count). The van der Waals surface area contributed by atoms with E-state index in [9.17, 15) is 4.79 Å². The fourth-order valence-electron chi connectivity index (χ4n) is 1.94. The van der Waals surface area contributed by atoms with Crippen molar-refractivity contribution >= 4 is 39.5 Å². The van der Waals surface area contributed by atoms with Crippen LogP contribution in [0.3, 0.4) is 0 Å². The number of pyridine rings is 1. The molecule has 2 aromatic rings. The van der Waals surface area contributed by atoms with Crippen molar-refractivity contribution in [1.29, 1.82) is 0 Å². The van der Waals surface area contributed by atoms with Crippen LogP contribution >= 0.6 is 28.6 Å². The lowest BCUT2D eigenvalue weighted by Gasteiger charge is -2.06. The zero-order valence-electron chi connectivity index (χ0n) is 10.1. The number of halogens is 1. The molecule has 0 amide bonds. The van der Waals surface area contributed by atoms with Crippen LogP contribution in [0.5, 0.6) is 0 Å². The first-order chi connectivity index (χ1) is 8.50. The summed E-state index contributed by atoms with van der Waals surface area (Å²) in [7, 11) is 0. The van der Waals surface area contributed by atoms with Crippen molar-refractivity contribution in [3.8, 4) is 0 Å². The van der Waals surface area contributed by atoms with E-state index in [1.54, 1.807) is 6.92 Å². The van der Waals surface area contributed by atoms with Crippen LogP contribution in [0.25, 0.3) is 11.0 Å². The van der Waals surface area contributed by atoms with Crippen LogP contribution in [0.2, 0.25) is 0 Å². The molecule has 2 aromatic heterocycles. The van der Waals surface area contributed by atoms with Gasteiger partial charge in [-0.15, -0.1) is 12.6 Å². The van der Waals surface area contributed by atoms with Gasteiger partial charge >= 0.3 is 0 Å². The average Bonchev–Trinajstić information content (AvgIpc) is 3.10. The molecule has 0 N–H and O–H groups in total. The summed E-state index contributed by atoms with van der Waals surface area (Å²) in [6.45, 7) is 1.71. The molecular formula is C12H10BrNO2S. The van der Waals surface area contributed by atoms with Gasteiger partial charge in [-0.25, -0.2) is 4.98 Å². The second-order valence-corrected chi connectivity index (χ2v) is 5.40. The van der Waals surface area contributed by atoms with Crippen molar-refractivity contribution in [3.05, 3.63) is 32.1 Å². The fraction of sp³-hybridized carbons (Fsp3) is 0.333. The summed E-state index contributed by atoms with van der Waals surface area (Å²) < 4.78 is 14.0. The number of aryl methyl sites for hydroxylation is 1. The molecule has 1 aliphatic rings. The third-order valence-electron chi connectivity index (χ3n) is 2.87. The molecular weight excluding hydrogens is 302 g/mol. The Morgan fingerprint density at radius 2 is 2.35 bits per heavy atom. The van der Waals surface area contributed by atoms with Crippen LogP contribution in [0.15, 0.2) is 24.9 Å². The zero-order valence-corrected chi connectivity index (χ0v) is 11.6. The van der Waals surface area contributed by atoms with Gasteiger partial charge in [-0.2, -0.15) is 0 Å². The van der Waals surface area contributed by atoms with Crippen LogP contribution in [0.1, 0.15) is 31.4 Å². The number of nitrogens with zero attached hydrogens (tertiary/aromatic N) is 1. The Kier molecular flexibility index (Phi) is 2.30. The molecule has 0 saturated heterocycles. The van der Waals surface area contributed by atoms with Gasteiger partial charge in [0.2, 0.25) is 0 Å². The van der Waals surface area contributed by atoms with Crippen molar-refractivity contribution in [3.63, 3.8) is 0 Å². The SMILES string of the molecule is [2H]c1c(C)nc(Br)c2oc(S)c(C3CC3)c(=O)c12. The standard InChI is InChI=1S/C12H10BrNO2S/c1-5-4-7-9(15)8(6-2-3-6)12(17)16-10(7)11(13)14-5/h4,6,17H,2-3H2,1H3/i4D. The van der Waals surface area contributed by atoms with Crippen molar-refractivity contribution in [2.45, 2.75) is 30.8 Å². The Labute approximate surface area is 113 Å². The van der Waals surface area contributed by atoms with Gasteiger partial charge in [-0.3, -0.25) is 4.79 Å². The first-order valence-corrected chi connectivity index (χ1v) is 6.57. The number of fused-ring (bicyclic) bond motifs is 1. The second-order valence-electron chi connectivity index (χ2n) is 4.24. The summed E-state index contributed by atoms with van der Waals surface area (Å²) in [4.78, 5) is 16.6. The summed E-state index contributed by atoms with van der Waals surface area (Å²) in [6.07, 6.45) is 1.98. The van der Waals surface area contributed by atoms with Crippen molar-refractivity contribution < 1.29 is 5.79 Å². The van der Waals surface area contributed by atoms with Crippen LogP contribution in [-0.2, 0) is 0 Å². The number of hydrogen-bond acceptors (Lipinski definition) is 4. The molecule has 88 valence electrons. The van der Waals surface area contributed by atoms with E-state index in [0.29, 0.717) is 31.9 Å². The van der Waals surface area contributed by atoms with E-state index in [-0.39, 0.29) is 17.4 Å². The molecule has 0 atom stereocenters. The molecule has 0 unspecified atom stereocenters. The summed E-state index contributed by atoms with van der Waals surface area (Å²) in [5, 5.41) is 0.648. The molecule has 1 aliphatic carbocycles. The van der Waals surface area contributed by atoms with Gasteiger partial charge in [0.1, 0.15) is 4.60 Å². The zero-order chi connectivity index (χ0) is 13.0. The van der Waals surface area contributed by atoms with Gasteiger partial charge in [0, 0.05) is 5.69 Å². The largest absolute Gasteiger partial charge is 0.447 e. The highest BCUT2D eigenvalue weighted by molar-refractivity contribution is 9.10. The lowest BCUT2D eigenvalue weighted by Crippen LogP contribution is -2.10. The van der Waals surface area contributed by atoms with Crippen LogP contribution < -0.4 is 5.43 Å². The molecule has 1 saturated carbocycles. The van der Waals surface area contributed by atoms with E-state index in [1.807, 2.05) is 0 Å². The Morgan fingerprint density at radius 1 is 1.65 bits per heavy atom. The van der Waals surface area contributed by atoms with E-state index < -0.39 is 0 Å². The lowest BCUT2D eigenvalue weighted by molar-refractivity contribution is 0.486. The Hall–Kier alpha value is -0.810. The molecule has 0 spiro atoms. The van der Waals surface area contributed by atoms with Gasteiger partial charge in [0.25, 0.3) is 0 Å². The van der Waals surface area contributed by atoms with E-state index in [2.05, 4.69) is 33.5 Å². The summed E-state index contributed by atoms with van der Waals surface area (Å²) in [6, 6.07) is 0.136. The number of thiol groups is 1. The van der Waals surface area contributed by atoms with Gasteiger partial charge in [-0.05, 0) is 47.7 Å². The molecule has 0 aromatic carbocycles. The third-order valence-corrected chi connectivity index (χ3v) is 3.74. The maximum atomic E-state index is 12.5. The van der Waals surface area contributed by atoms with Crippen LogP contribution in [-0.4, -0.2) is 4.98 Å². The Bertz CT molecular complexity index is 724. The lowest BCUT2D eigenvalue weighted by atomic mass is 10.1. The molecule has 3 nitrogen and oxygen atoms in total. The van der Waals surface area contributed by atoms with Crippen molar-refractivity contribution in [2.24, 2.45) is 0 Å². The summed E-state index contributed by atoms with van der Waals surface area (Å²) in [5.74, 6) is 0.241. The number of hydrogen-bond donors (Lipinski definition) is 1. The first-order valence-electron chi connectivity index (χ1n) is 5.83. The second kappa shape index (κ2) is 3.85. The molecule has 17 heavy (non-hydrogen) atoms. The number of rotatable bonds is 1. The van der Waals surface area contributed by atoms with E-state index in [4.69, 9.17) is 5.79 Å². The minimum atomic E-state index is -0.139. The first kappa shape index (κ1) is 10.1. The smallest absolute Gasteiger partial charge is 0.197 e. The summed E-state index contributed by atoms with van der Waals surface area (Å²) >= 11 is 7.52. The molecule has 5 heteroatoms. The molecule has 2 heterocycles. The monoisotopic (exact) mass is 312 g/mol. The maximum absolute atomic E-state index is 12.5. The topological polar surface area (TPSA) is 43.1 Å². The van der Waals surface area contributed by atoms with Gasteiger partial charge in [-0.1, -0.05) is 0 Å². The predicted molar refractivity (Wildman–Crippen MR) is 71.9 cm³/mol. The van der Waals surface area contributed by atoms with E-state index in [0.717, 1.165) is 12.8 Å². The fourth-order valence-corrected chi connectivity index (χ4v) is 2.86. The predicted octanol–water partition coefficient (Wildman–Crippen LogP) is 3.43. The Balaban J connectivity index is 2.50. The van der Waals surface area contributed by atoms with E-state index >= 15 is 0 Å². The Morgan fingerprint density at radius 3 is 3.00 bits per heavy atom. The molecule has 0 aliphatic heterocycles. The molecule has 0 radical (unpaired) electrons. The normalized spacial score (nSPS) is 16.3. The highest BCUT2D eigenvalue weighted by Crippen LogP contribution is 2.42. The van der Waals surface area contributed by atoms with Gasteiger partial charge < -0.3 is 4.42 Å². The minimum absolute atomic E-state index is 0.136.